The minimum atomic E-state index is -4.37. The third-order valence-corrected chi connectivity index (χ3v) is 12.8. The number of sulfonamides is 1. The maximum Gasteiger partial charge on any atom is 0.303 e. The maximum absolute atomic E-state index is 12.5. The number of aliphatic carboxylic acids is 1. The molecule has 0 aromatic heterocycles. The van der Waals surface area contributed by atoms with Crippen LogP contribution in [0.3, 0.4) is 0 Å². The molecule has 3 aromatic carbocycles. The molecule has 0 radical (unpaired) electrons. The van der Waals surface area contributed by atoms with Gasteiger partial charge in [0.05, 0.1) is 22.0 Å². The smallest absolute Gasteiger partial charge is 0.303 e. The van der Waals surface area contributed by atoms with Crippen LogP contribution in [-0.2, 0) is 40.5 Å². The van der Waals surface area contributed by atoms with Crippen LogP contribution in [0.15, 0.2) is 93.4 Å². The second kappa shape index (κ2) is 13.0. The standard InChI is InChI=1S/C39H46N2O8S2/c1-7-9-33-29(24(3)39(6,18-8-10-35(42)43)31-21-26(50(40,44)45)13-11-23(31)2)22-30-34(49-33)17-19-41-32-16-12-25-20-27(51(46,47)48)14-15-28(25)36(32)38(4,5)37(30)41/h11-16,20-22,33-34H,3,7-10,17-19H2,1-2,4-6H3,(H,42,43)(H2,40,44,45)(H,46,47,48). The lowest BCUT2D eigenvalue weighted by molar-refractivity contribution is -0.137. The molecule has 3 atom stereocenters. The van der Waals surface area contributed by atoms with E-state index in [-0.39, 0.29) is 28.4 Å². The molecule has 51 heavy (non-hydrogen) atoms. The van der Waals surface area contributed by atoms with Gasteiger partial charge in [0.25, 0.3) is 10.1 Å². The van der Waals surface area contributed by atoms with E-state index in [1.807, 2.05) is 26.0 Å². The van der Waals surface area contributed by atoms with Crippen LogP contribution in [0.25, 0.3) is 10.8 Å². The fourth-order valence-corrected chi connectivity index (χ4v) is 9.61. The van der Waals surface area contributed by atoms with Gasteiger partial charge in [0.2, 0.25) is 10.0 Å². The molecule has 0 aliphatic carbocycles. The number of carboxylic acids is 1. The van der Waals surface area contributed by atoms with Gasteiger partial charge in [-0.25, -0.2) is 13.6 Å². The Bertz CT molecular complexity index is 2260. The number of benzene rings is 3. The summed E-state index contributed by atoms with van der Waals surface area (Å²) in [6.45, 7) is 15.7. The molecule has 3 aliphatic heterocycles. The predicted octanol–water partition coefficient (Wildman–Crippen LogP) is 7.06. The van der Waals surface area contributed by atoms with E-state index in [0.29, 0.717) is 18.2 Å². The number of primary sulfonamides is 1. The highest BCUT2D eigenvalue weighted by molar-refractivity contribution is 7.89. The van der Waals surface area contributed by atoms with E-state index in [2.05, 4.69) is 38.3 Å². The monoisotopic (exact) mass is 734 g/mol. The number of aryl methyl sites for hydroxylation is 1. The van der Waals surface area contributed by atoms with Crippen molar-refractivity contribution in [3.05, 3.63) is 100 Å². The number of allylic oxidation sites excluding steroid dienone is 1. The number of fused-ring (bicyclic) bond motifs is 6. The molecule has 3 heterocycles. The number of carbonyl (C=O) groups is 1. The van der Waals surface area contributed by atoms with Crippen molar-refractivity contribution in [3.63, 3.8) is 0 Å². The Kier molecular flexibility index (Phi) is 9.42. The van der Waals surface area contributed by atoms with Crippen molar-refractivity contribution in [3.8, 4) is 0 Å². The van der Waals surface area contributed by atoms with Gasteiger partial charge in [0, 0.05) is 40.8 Å². The molecule has 0 saturated carbocycles. The minimum absolute atomic E-state index is 0.0198. The van der Waals surface area contributed by atoms with Crippen LogP contribution in [0.5, 0.6) is 0 Å². The van der Waals surface area contributed by atoms with E-state index in [1.54, 1.807) is 18.2 Å². The van der Waals surface area contributed by atoms with Gasteiger partial charge in [-0.1, -0.05) is 58.9 Å². The highest BCUT2D eigenvalue weighted by Crippen LogP contribution is 2.56. The summed E-state index contributed by atoms with van der Waals surface area (Å²) in [6.07, 6.45) is 4.77. The van der Waals surface area contributed by atoms with Crippen LogP contribution >= 0.6 is 0 Å². The summed E-state index contributed by atoms with van der Waals surface area (Å²) in [7, 11) is -8.39. The average molecular weight is 735 g/mol. The lowest BCUT2D eigenvalue weighted by Gasteiger charge is -2.44. The fraction of sp³-hybridized carbons (Fsp3) is 0.410. The van der Waals surface area contributed by atoms with E-state index in [9.17, 15) is 31.3 Å². The Morgan fingerprint density at radius 1 is 1.10 bits per heavy atom. The number of hydrogen-bond acceptors (Lipinski definition) is 7. The molecule has 12 heteroatoms. The first kappa shape index (κ1) is 37.0. The second-order valence-corrected chi connectivity index (χ2v) is 17.8. The largest absolute Gasteiger partial charge is 0.481 e. The zero-order valence-corrected chi connectivity index (χ0v) is 31.3. The molecule has 10 nitrogen and oxygen atoms in total. The molecular weight excluding hydrogens is 689 g/mol. The van der Waals surface area contributed by atoms with E-state index >= 15 is 0 Å². The minimum Gasteiger partial charge on any atom is -0.481 e. The molecule has 6 rings (SSSR count). The first-order chi connectivity index (χ1) is 23.8. The van der Waals surface area contributed by atoms with Gasteiger partial charge >= 0.3 is 5.97 Å². The Hall–Kier alpha value is -3.81. The molecule has 3 unspecified atom stereocenters. The van der Waals surface area contributed by atoms with Crippen LogP contribution < -0.4 is 10.0 Å². The summed E-state index contributed by atoms with van der Waals surface area (Å²) in [5.74, 6) is -0.913. The highest BCUT2D eigenvalue weighted by atomic mass is 32.2. The first-order valence-electron chi connectivity index (χ1n) is 17.3. The molecule has 0 amide bonds. The highest BCUT2D eigenvalue weighted by Gasteiger charge is 2.48. The molecule has 0 saturated heterocycles. The van der Waals surface area contributed by atoms with E-state index in [1.165, 1.54) is 18.2 Å². The Morgan fingerprint density at radius 3 is 2.45 bits per heavy atom. The van der Waals surface area contributed by atoms with Crippen LogP contribution in [0, 0.1) is 6.92 Å². The third-order valence-electron chi connectivity index (χ3n) is 11.0. The van der Waals surface area contributed by atoms with Crippen molar-refractivity contribution in [2.24, 2.45) is 5.14 Å². The molecule has 3 aromatic rings. The van der Waals surface area contributed by atoms with Crippen LogP contribution in [0.1, 0.15) is 82.9 Å². The Balaban J connectivity index is 1.54. The topological polar surface area (TPSA) is 164 Å². The SMILES string of the molecule is C=C(C1=CC2=C3N(CCC2OC1CCC)c1ccc2cc(S(=O)(=O)O)ccc2c1C3(C)C)C(C)(CCCC(=O)O)c1cc(S(N)(=O)=O)ccc1C. The van der Waals surface area contributed by atoms with Gasteiger partial charge in [-0.15, -0.1) is 0 Å². The lowest BCUT2D eigenvalue weighted by Crippen LogP contribution is -2.43. The molecular formula is C39H46N2O8S2. The van der Waals surface area contributed by atoms with Gasteiger partial charge in [0.15, 0.2) is 0 Å². The van der Waals surface area contributed by atoms with E-state index in [0.717, 1.165) is 76.0 Å². The van der Waals surface area contributed by atoms with Crippen LogP contribution in [0.4, 0.5) is 5.69 Å². The van der Waals surface area contributed by atoms with E-state index in [4.69, 9.17) is 9.88 Å². The third kappa shape index (κ3) is 6.46. The molecule has 0 bridgehead atoms. The van der Waals surface area contributed by atoms with Crippen molar-refractivity contribution in [2.45, 2.75) is 106 Å². The van der Waals surface area contributed by atoms with Crippen molar-refractivity contribution in [1.82, 2.24) is 0 Å². The summed E-state index contributed by atoms with van der Waals surface area (Å²) in [4.78, 5) is 13.8. The van der Waals surface area contributed by atoms with Gasteiger partial charge in [-0.3, -0.25) is 9.35 Å². The molecule has 0 fully saturated rings. The van der Waals surface area contributed by atoms with Gasteiger partial charge in [-0.05, 0) is 108 Å². The number of anilines is 1. The van der Waals surface area contributed by atoms with Gasteiger partial charge in [-0.2, -0.15) is 8.42 Å². The number of rotatable bonds is 11. The Labute approximate surface area is 300 Å². The Morgan fingerprint density at radius 2 is 1.80 bits per heavy atom. The van der Waals surface area contributed by atoms with Crippen LogP contribution in [0.2, 0.25) is 0 Å². The number of nitrogens with zero attached hydrogens (tertiary/aromatic N) is 1. The average Bonchev–Trinajstić information content (AvgIpc) is 3.29. The van der Waals surface area contributed by atoms with Crippen molar-refractivity contribution >= 4 is 42.6 Å². The summed E-state index contributed by atoms with van der Waals surface area (Å²) >= 11 is 0. The van der Waals surface area contributed by atoms with Crippen molar-refractivity contribution in [2.75, 3.05) is 11.4 Å². The number of hydrogen-bond donors (Lipinski definition) is 3. The zero-order chi connectivity index (χ0) is 37.3. The number of carboxylic acid groups (broad SMARTS) is 1. The summed E-state index contributed by atoms with van der Waals surface area (Å²) in [5.41, 5.74) is 6.01. The maximum atomic E-state index is 12.5. The van der Waals surface area contributed by atoms with Gasteiger partial charge < -0.3 is 14.7 Å². The number of ether oxygens (including phenoxy) is 1. The van der Waals surface area contributed by atoms with Gasteiger partial charge in [0.1, 0.15) is 0 Å². The summed E-state index contributed by atoms with van der Waals surface area (Å²) < 4.78 is 65.5. The molecule has 0 spiro atoms. The zero-order valence-electron chi connectivity index (χ0n) is 29.7. The number of nitrogens with two attached hydrogens (primary N) is 1. The second-order valence-electron chi connectivity index (χ2n) is 14.8. The quantitative estimate of drug-likeness (QED) is 0.175. The predicted molar refractivity (Wildman–Crippen MR) is 198 cm³/mol. The molecule has 3 aliphatic rings. The van der Waals surface area contributed by atoms with Crippen molar-refractivity contribution < 1.29 is 36.0 Å². The normalized spacial score (nSPS) is 21.1. The summed E-state index contributed by atoms with van der Waals surface area (Å²) in [6, 6.07) is 13.4. The van der Waals surface area contributed by atoms with Crippen LogP contribution in [-0.4, -0.2) is 51.2 Å². The van der Waals surface area contributed by atoms with E-state index < -0.39 is 36.9 Å². The summed E-state index contributed by atoms with van der Waals surface area (Å²) in [5, 5.41) is 16.7. The molecule has 272 valence electrons. The van der Waals surface area contributed by atoms with Crippen molar-refractivity contribution in [1.29, 1.82) is 0 Å². The first-order valence-corrected chi connectivity index (χ1v) is 20.3. The molecule has 4 N–H and O–H groups in total. The lowest BCUT2D eigenvalue weighted by atomic mass is 9.67. The fourth-order valence-electron chi connectivity index (χ4n) is 8.55.